The van der Waals surface area contributed by atoms with Crippen LogP contribution in [0.1, 0.15) is 33.9 Å². The van der Waals surface area contributed by atoms with E-state index >= 15 is 0 Å². The normalized spacial score (nSPS) is 21.0. The molecule has 0 spiro atoms. The summed E-state index contributed by atoms with van der Waals surface area (Å²) >= 11 is 6.36. The fourth-order valence-corrected chi connectivity index (χ4v) is 5.33. The van der Waals surface area contributed by atoms with E-state index in [-0.39, 0.29) is 24.3 Å². The minimum absolute atomic E-state index is 0.0503. The molecule has 2 aromatic carbocycles. The Labute approximate surface area is 199 Å². The SMILES string of the molecule is COc1cccc(C(=O)N2CC3CN(C(CC(N)=O)c4ccc(C)c(Cl)c4)CC3C2)c1OC. The van der Waals surface area contributed by atoms with Crippen molar-refractivity contribution in [1.82, 2.24) is 9.80 Å². The van der Waals surface area contributed by atoms with Crippen LogP contribution in [0.3, 0.4) is 0 Å². The smallest absolute Gasteiger partial charge is 0.257 e. The Hall–Kier alpha value is -2.77. The molecule has 2 fully saturated rings. The summed E-state index contributed by atoms with van der Waals surface area (Å²) in [7, 11) is 3.10. The summed E-state index contributed by atoms with van der Waals surface area (Å²) in [6.45, 7) is 4.88. The van der Waals surface area contributed by atoms with Crippen molar-refractivity contribution in [3.63, 3.8) is 0 Å². The highest BCUT2D eigenvalue weighted by Gasteiger charge is 2.44. The number of benzene rings is 2. The Balaban J connectivity index is 1.48. The number of nitrogens with zero attached hydrogens (tertiary/aromatic N) is 2. The van der Waals surface area contributed by atoms with E-state index in [0.29, 0.717) is 47.0 Å². The summed E-state index contributed by atoms with van der Waals surface area (Å²) in [4.78, 5) is 29.3. The minimum Gasteiger partial charge on any atom is -0.493 e. The fraction of sp³-hybridized carbons (Fsp3) is 0.440. The van der Waals surface area contributed by atoms with Gasteiger partial charge in [0.2, 0.25) is 5.91 Å². The zero-order chi connectivity index (χ0) is 23.7. The molecule has 2 N–H and O–H groups in total. The molecule has 2 amide bonds. The van der Waals surface area contributed by atoms with Crippen molar-refractivity contribution >= 4 is 23.4 Å². The van der Waals surface area contributed by atoms with Crippen molar-refractivity contribution in [1.29, 1.82) is 0 Å². The van der Waals surface area contributed by atoms with Crippen molar-refractivity contribution in [2.45, 2.75) is 19.4 Å². The number of amides is 2. The highest BCUT2D eigenvalue weighted by molar-refractivity contribution is 6.31. The lowest BCUT2D eigenvalue weighted by Crippen LogP contribution is -2.36. The van der Waals surface area contributed by atoms with Crippen LogP contribution in [0, 0.1) is 18.8 Å². The monoisotopic (exact) mass is 471 g/mol. The summed E-state index contributed by atoms with van der Waals surface area (Å²) < 4.78 is 10.8. The van der Waals surface area contributed by atoms with Crippen molar-refractivity contribution in [3.05, 3.63) is 58.1 Å². The topological polar surface area (TPSA) is 85.1 Å². The molecule has 2 heterocycles. The maximum atomic E-state index is 13.3. The lowest BCUT2D eigenvalue weighted by molar-refractivity contribution is -0.119. The number of likely N-dealkylation sites (tertiary alicyclic amines) is 2. The van der Waals surface area contributed by atoms with E-state index in [1.165, 1.54) is 0 Å². The molecule has 2 aromatic rings. The second-order valence-electron chi connectivity index (χ2n) is 8.92. The largest absolute Gasteiger partial charge is 0.493 e. The first-order chi connectivity index (χ1) is 15.8. The Kier molecular flexibility index (Phi) is 6.81. The van der Waals surface area contributed by atoms with E-state index in [4.69, 9.17) is 26.8 Å². The number of halogens is 1. The number of nitrogens with two attached hydrogens (primary N) is 1. The molecule has 0 saturated carbocycles. The molecular formula is C25H30ClN3O4. The first kappa shape index (κ1) is 23.4. The summed E-state index contributed by atoms with van der Waals surface area (Å²) in [5.41, 5.74) is 8.09. The molecule has 3 unspecified atom stereocenters. The third-order valence-corrected chi connectivity index (χ3v) is 7.26. The highest BCUT2D eigenvalue weighted by Crippen LogP contribution is 2.39. The molecule has 2 saturated heterocycles. The summed E-state index contributed by atoms with van der Waals surface area (Å²) in [6, 6.07) is 11.2. The van der Waals surface area contributed by atoms with Crippen LogP contribution in [-0.4, -0.2) is 62.0 Å². The summed E-state index contributed by atoms with van der Waals surface area (Å²) in [5.74, 6) is 1.28. The average molecular weight is 472 g/mol. The van der Waals surface area contributed by atoms with Gasteiger partial charge in [-0.15, -0.1) is 0 Å². The Morgan fingerprint density at radius 2 is 1.79 bits per heavy atom. The number of para-hydroxylation sites is 1. The highest BCUT2D eigenvalue weighted by atomic mass is 35.5. The maximum absolute atomic E-state index is 13.3. The zero-order valence-corrected chi connectivity index (χ0v) is 20.0. The van der Waals surface area contributed by atoms with Crippen LogP contribution >= 0.6 is 11.6 Å². The zero-order valence-electron chi connectivity index (χ0n) is 19.2. The predicted molar refractivity (Wildman–Crippen MR) is 127 cm³/mol. The van der Waals surface area contributed by atoms with Crippen LogP contribution in [0.25, 0.3) is 0 Å². The number of hydrogen-bond acceptors (Lipinski definition) is 5. The van der Waals surface area contributed by atoms with Crippen LogP contribution in [-0.2, 0) is 4.79 Å². The van der Waals surface area contributed by atoms with Crippen LogP contribution in [0.15, 0.2) is 36.4 Å². The predicted octanol–water partition coefficient (Wildman–Crippen LogP) is 3.29. The van der Waals surface area contributed by atoms with Gasteiger partial charge in [-0.25, -0.2) is 0 Å². The third kappa shape index (κ3) is 4.66. The van der Waals surface area contributed by atoms with E-state index in [1.807, 2.05) is 30.0 Å². The summed E-state index contributed by atoms with van der Waals surface area (Å²) in [6.07, 6.45) is 0.239. The van der Waals surface area contributed by atoms with Crippen LogP contribution < -0.4 is 15.2 Å². The molecule has 4 rings (SSSR count). The molecule has 7 nitrogen and oxygen atoms in total. The van der Waals surface area contributed by atoms with Gasteiger partial charge in [-0.1, -0.05) is 29.8 Å². The molecule has 0 aliphatic carbocycles. The number of carbonyl (C=O) groups is 2. The number of rotatable bonds is 7. The molecule has 3 atom stereocenters. The number of methoxy groups -OCH3 is 2. The van der Waals surface area contributed by atoms with Gasteiger partial charge in [0, 0.05) is 43.7 Å². The molecule has 33 heavy (non-hydrogen) atoms. The van der Waals surface area contributed by atoms with Crippen molar-refractivity contribution < 1.29 is 19.1 Å². The fourth-order valence-electron chi connectivity index (χ4n) is 5.14. The second kappa shape index (κ2) is 9.61. The van der Waals surface area contributed by atoms with Crippen LogP contribution in [0.5, 0.6) is 11.5 Å². The molecule has 0 aromatic heterocycles. The van der Waals surface area contributed by atoms with Gasteiger partial charge in [0.25, 0.3) is 5.91 Å². The van der Waals surface area contributed by atoms with Gasteiger partial charge in [0.05, 0.1) is 19.8 Å². The lowest BCUT2D eigenvalue weighted by Gasteiger charge is -2.29. The standard InChI is InChI=1S/C25H30ClN3O4/c1-15-7-8-16(9-20(15)26)21(10-23(27)30)28-11-17-13-29(14-18(17)12-28)25(31)19-5-4-6-22(32-2)24(19)33-3/h4-9,17-18,21H,10-14H2,1-3H3,(H2,27,30). The van der Waals surface area contributed by atoms with Gasteiger partial charge in [-0.3, -0.25) is 14.5 Å². The number of aryl methyl sites for hydroxylation is 1. The molecule has 2 aliphatic rings. The Morgan fingerprint density at radius 3 is 2.36 bits per heavy atom. The van der Waals surface area contributed by atoms with Gasteiger partial charge in [0.15, 0.2) is 11.5 Å². The van der Waals surface area contributed by atoms with Gasteiger partial charge in [0.1, 0.15) is 0 Å². The number of fused-ring (bicyclic) bond motifs is 1. The first-order valence-corrected chi connectivity index (χ1v) is 11.5. The Bertz CT molecular complexity index is 1050. The second-order valence-corrected chi connectivity index (χ2v) is 9.33. The average Bonchev–Trinajstić information content (AvgIpc) is 3.37. The summed E-state index contributed by atoms with van der Waals surface area (Å²) in [5, 5.41) is 0.686. The van der Waals surface area contributed by atoms with Crippen molar-refractivity contribution in [2.75, 3.05) is 40.4 Å². The molecule has 0 bridgehead atoms. The van der Waals surface area contributed by atoms with Crippen molar-refractivity contribution in [2.24, 2.45) is 17.6 Å². The first-order valence-electron chi connectivity index (χ1n) is 11.1. The molecule has 2 aliphatic heterocycles. The molecule has 8 heteroatoms. The van der Waals surface area contributed by atoms with Crippen LogP contribution in [0.4, 0.5) is 0 Å². The minimum atomic E-state index is -0.337. The molecule has 176 valence electrons. The van der Waals surface area contributed by atoms with Crippen LogP contribution in [0.2, 0.25) is 5.02 Å². The number of hydrogen-bond donors (Lipinski definition) is 1. The quantitative estimate of drug-likeness (QED) is 0.669. The van der Waals surface area contributed by atoms with E-state index < -0.39 is 0 Å². The molecule has 0 radical (unpaired) electrons. The number of ether oxygens (including phenoxy) is 2. The third-order valence-electron chi connectivity index (χ3n) is 6.85. The van der Waals surface area contributed by atoms with Gasteiger partial charge < -0.3 is 20.1 Å². The van der Waals surface area contributed by atoms with E-state index in [0.717, 1.165) is 24.2 Å². The van der Waals surface area contributed by atoms with Crippen molar-refractivity contribution in [3.8, 4) is 11.5 Å². The maximum Gasteiger partial charge on any atom is 0.257 e. The van der Waals surface area contributed by atoms with Gasteiger partial charge >= 0.3 is 0 Å². The van der Waals surface area contributed by atoms with Gasteiger partial charge in [-0.05, 0) is 48.1 Å². The number of carbonyl (C=O) groups excluding carboxylic acids is 2. The molecular weight excluding hydrogens is 442 g/mol. The van der Waals surface area contributed by atoms with E-state index in [2.05, 4.69) is 4.90 Å². The van der Waals surface area contributed by atoms with E-state index in [1.54, 1.807) is 32.4 Å². The van der Waals surface area contributed by atoms with Gasteiger partial charge in [-0.2, -0.15) is 0 Å². The lowest BCUT2D eigenvalue weighted by atomic mass is 10.0. The number of primary amides is 1. The Morgan fingerprint density at radius 1 is 1.09 bits per heavy atom. The van der Waals surface area contributed by atoms with E-state index in [9.17, 15) is 9.59 Å².